The molecule has 0 amide bonds. The molecule has 1 atom stereocenters. The molecular weight excluding hydrogens is 323 g/mol. The average molecular weight is 339 g/mol. The van der Waals surface area contributed by atoms with Gasteiger partial charge in [0.05, 0.1) is 21.8 Å². The molecule has 5 heteroatoms. The summed E-state index contributed by atoms with van der Waals surface area (Å²) in [5.41, 5.74) is 1.89. The van der Waals surface area contributed by atoms with Crippen LogP contribution in [0.15, 0.2) is 48.5 Å². The molecule has 2 rings (SSSR count). The summed E-state index contributed by atoms with van der Waals surface area (Å²) >= 11 is 17.5. The standard InChI is InChI=1S/C16H16Cl2N2S/c1-2-13(11-7-4-3-5-8-11)19-16(21)20-14-10-6-9-12(17)15(14)18/h3-10,13H,2H2,1H3,(H2,19,20,21). The molecule has 0 aliphatic rings. The first-order valence-electron chi connectivity index (χ1n) is 6.68. The zero-order chi connectivity index (χ0) is 15.2. The first-order chi connectivity index (χ1) is 10.1. The Balaban J connectivity index is 2.05. The Morgan fingerprint density at radius 3 is 2.48 bits per heavy atom. The summed E-state index contributed by atoms with van der Waals surface area (Å²) in [6.45, 7) is 2.11. The molecule has 2 N–H and O–H groups in total. The fourth-order valence-corrected chi connectivity index (χ4v) is 2.62. The van der Waals surface area contributed by atoms with Crippen molar-refractivity contribution in [1.29, 1.82) is 0 Å². The van der Waals surface area contributed by atoms with Crippen LogP contribution < -0.4 is 10.6 Å². The second-order valence-electron chi connectivity index (χ2n) is 4.57. The van der Waals surface area contributed by atoms with Crippen LogP contribution in [0.2, 0.25) is 10.0 Å². The van der Waals surface area contributed by atoms with Crippen LogP contribution in [0, 0.1) is 0 Å². The van der Waals surface area contributed by atoms with Crippen LogP contribution in [-0.2, 0) is 0 Å². The summed E-state index contributed by atoms with van der Waals surface area (Å²) in [6.07, 6.45) is 0.926. The molecule has 2 aromatic carbocycles. The van der Waals surface area contributed by atoms with Gasteiger partial charge in [-0.1, -0.05) is 66.5 Å². The van der Waals surface area contributed by atoms with Gasteiger partial charge in [-0.05, 0) is 36.3 Å². The van der Waals surface area contributed by atoms with Gasteiger partial charge in [0.2, 0.25) is 0 Å². The van der Waals surface area contributed by atoms with Crippen LogP contribution in [0.25, 0.3) is 0 Å². The van der Waals surface area contributed by atoms with Crippen LogP contribution in [-0.4, -0.2) is 5.11 Å². The van der Waals surface area contributed by atoms with Gasteiger partial charge >= 0.3 is 0 Å². The highest BCUT2D eigenvalue weighted by Gasteiger charge is 2.11. The lowest BCUT2D eigenvalue weighted by Gasteiger charge is -2.20. The summed E-state index contributed by atoms with van der Waals surface area (Å²) in [4.78, 5) is 0. The molecule has 0 aliphatic carbocycles. The molecule has 0 radical (unpaired) electrons. The number of benzene rings is 2. The smallest absolute Gasteiger partial charge is 0.171 e. The third-order valence-electron chi connectivity index (χ3n) is 3.12. The van der Waals surface area contributed by atoms with Crippen molar-refractivity contribution in [3.63, 3.8) is 0 Å². The molecule has 21 heavy (non-hydrogen) atoms. The van der Waals surface area contributed by atoms with Gasteiger partial charge in [-0.2, -0.15) is 0 Å². The number of halogens is 2. The Labute approximate surface area is 140 Å². The Hall–Kier alpha value is -1.29. The summed E-state index contributed by atoms with van der Waals surface area (Å²) in [5.74, 6) is 0. The number of rotatable bonds is 4. The molecule has 2 aromatic rings. The maximum atomic E-state index is 6.14. The third-order valence-corrected chi connectivity index (χ3v) is 4.15. The Morgan fingerprint density at radius 2 is 1.81 bits per heavy atom. The summed E-state index contributed by atoms with van der Waals surface area (Å²) in [7, 11) is 0. The average Bonchev–Trinajstić information content (AvgIpc) is 2.50. The van der Waals surface area contributed by atoms with Gasteiger partial charge in [0.15, 0.2) is 5.11 Å². The fraction of sp³-hybridized carbons (Fsp3) is 0.188. The maximum absolute atomic E-state index is 6.14. The van der Waals surface area contributed by atoms with E-state index >= 15 is 0 Å². The van der Waals surface area contributed by atoms with E-state index in [9.17, 15) is 0 Å². The molecule has 0 saturated heterocycles. The van der Waals surface area contributed by atoms with Crippen molar-refractivity contribution < 1.29 is 0 Å². The van der Waals surface area contributed by atoms with Gasteiger partial charge in [0, 0.05) is 0 Å². The minimum absolute atomic E-state index is 0.157. The SMILES string of the molecule is CCC(NC(=S)Nc1cccc(Cl)c1Cl)c1ccccc1. The minimum atomic E-state index is 0.157. The van der Waals surface area contributed by atoms with E-state index in [4.69, 9.17) is 35.4 Å². The fourth-order valence-electron chi connectivity index (χ4n) is 2.02. The van der Waals surface area contributed by atoms with Crippen molar-refractivity contribution in [3.8, 4) is 0 Å². The molecule has 1 unspecified atom stereocenters. The molecule has 0 saturated carbocycles. The van der Waals surface area contributed by atoms with E-state index in [2.05, 4.69) is 29.7 Å². The highest BCUT2D eigenvalue weighted by atomic mass is 35.5. The molecule has 0 fully saturated rings. The third kappa shape index (κ3) is 4.34. The van der Waals surface area contributed by atoms with E-state index in [1.165, 1.54) is 5.56 Å². The van der Waals surface area contributed by atoms with Crippen molar-refractivity contribution in [2.75, 3.05) is 5.32 Å². The van der Waals surface area contributed by atoms with E-state index in [-0.39, 0.29) is 6.04 Å². The number of nitrogens with one attached hydrogen (secondary N) is 2. The van der Waals surface area contributed by atoms with E-state index < -0.39 is 0 Å². The number of thiocarbonyl (C=S) groups is 1. The van der Waals surface area contributed by atoms with Crippen LogP contribution >= 0.6 is 35.4 Å². The van der Waals surface area contributed by atoms with Crippen molar-refractivity contribution in [2.24, 2.45) is 0 Å². The van der Waals surface area contributed by atoms with Gasteiger partial charge < -0.3 is 10.6 Å². The Bertz CT molecular complexity index is 617. The van der Waals surface area contributed by atoms with Gasteiger partial charge in [-0.15, -0.1) is 0 Å². The maximum Gasteiger partial charge on any atom is 0.171 e. The highest BCUT2D eigenvalue weighted by molar-refractivity contribution is 7.80. The van der Waals surface area contributed by atoms with Crippen LogP contribution in [0.1, 0.15) is 24.9 Å². The molecule has 0 heterocycles. The van der Waals surface area contributed by atoms with E-state index in [1.54, 1.807) is 6.07 Å². The van der Waals surface area contributed by atoms with Gasteiger partial charge in [-0.3, -0.25) is 0 Å². The van der Waals surface area contributed by atoms with Crippen LogP contribution in [0.3, 0.4) is 0 Å². The lowest BCUT2D eigenvalue weighted by molar-refractivity contribution is 0.629. The van der Waals surface area contributed by atoms with Crippen LogP contribution in [0.4, 0.5) is 5.69 Å². The van der Waals surface area contributed by atoms with E-state index in [0.717, 1.165) is 6.42 Å². The molecule has 0 bridgehead atoms. The molecule has 110 valence electrons. The largest absolute Gasteiger partial charge is 0.356 e. The monoisotopic (exact) mass is 338 g/mol. The van der Waals surface area contributed by atoms with Crippen LogP contribution in [0.5, 0.6) is 0 Å². The lowest BCUT2D eigenvalue weighted by atomic mass is 10.1. The minimum Gasteiger partial charge on any atom is -0.356 e. The van der Waals surface area contributed by atoms with Crippen molar-refractivity contribution >= 4 is 46.2 Å². The van der Waals surface area contributed by atoms with Crippen molar-refractivity contribution in [2.45, 2.75) is 19.4 Å². The second kappa shape index (κ2) is 7.64. The van der Waals surface area contributed by atoms with Gasteiger partial charge in [0.25, 0.3) is 0 Å². The quantitative estimate of drug-likeness (QED) is 0.726. The van der Waals surface area contributed by atoms with Gasteiger partial charge in [0.1, 0.15) is 0 Å². The highest BCUT2D eigenvalue weighted by Crippen LogP contribution is 2.29. The summed E-state index contributed by atoms with van der Waals surface area (Å²) < 4.78 is 0. The lowest BCUT2D eigenvalue weighted by Crippen LogP contribution is -2.32. The Kier molecular flexibility index (Phi) is 5.85. The number of anilines is 1. The molecule has 0 aliphatic heterocycles. The first-order valence-corrected chi connectivity index (χ1v) is 7.84. The predicted octanol–water partition coefficient (Wildman–Crippen LogP) is 5.43. The second-order valence-corrected chi connectivity index (χ2v) is 5.76. The molecule has 0 spiro atoms. The van der Waals surface area contributed by atoms with E-state index in [0.29, 0.717) is 20.8 Å². The predicted molar refractivity (Wildman–Crippen MR) is 95.3 cm³/mol. The number of hydrogen-bond donors (Lipinski definition) is 2. The topological polar surface area (TPSA) is 24.1 Å². The normalized spacial score (nSPS) is 11.8. The zero-order valence-corrected chi connectivity index (χ0v) is 13.9. The number of hydrogen-bond acceptors (Lipinski definition) is 1. The van der Waals surface area contributed by atoms with Crippen molar-refractivity contribution in [3.05, 3.63) is 64.1 Å². The zero-order valence-electron chi connectivity index (χ0n) is 11.6. The first kappa shape index (κ1) is 16.1. The molecule has 2 nitrogen and oxygen atoms in total. The Morgan fingerprint density at radius 1 is 1.10 bits per heavy atom. The van der Waals surface area contributed by atoms with E-state index in [1.807, 2.05) is 30.3 Å². The van der Waals surface area contributed by atoms with Crippen molar-refractivity contribution in [1.82, 2.24) is 5.32 Å². The molecular formula is C16H16Cl2N2S. The summed E-state index contributed by atoms with van der Waals surface area (Å²) in [5, 5.41) is 7.88. The molecule has 0 aromatic heterocycles. The summed E-state index contributed by atoms with van der Waals surface area (Å²) in [6, 6.07) is 15.8. The van der Waals surface area contributed by atoms with Gasteiger partial charge in [-0.25, -0.2) is 0 Å².